The molecule has 0 bridgehead atoms. The van der Waals surface area contributed by atoms with Gasteiger partial charge in [-0.3, -0.25) is 10.1 Å². The number of hydrogen-bond donors (Lipinski definition) is 0. The fourth-order valence-corrected chi connectivity index (χ4v) is 2.82. The van der Waals surface area contributed by atoms with E-state index in [0.29, 0.717) is 5.25 Å². The Bertz CT molecular complexity index is 379. The van der Waals surface area contributed by atoms with Crippen LogP contribution in [0.25, 0.3) is 0 Å². The molecule has 2 rings (SSSR count). The normalized spacial score (nSPS) is 24.6. The molecule has 0 N–H and O–H groups in total. The zero-order valence-corrected chi connectivity index (χ0v) is 9.78. The monoisotopic (exact) mass is 239 g/mol. The fraction of sp³-hybridized carbons (Fsp3) is 0.455. The van der Waals surface area contributed by atoms with Gasteiger partial charge in [-0.15, -0.1) is 11.8 Å². The summed E-state index contributed by atoms with van der Waals surface area (Å²) < 4.78 is 5.47. The minimum Gasteiger partial charge on any atom is -0.377 e. The van der Waals surface area contributed by atoms with Gasteiger partial charge >= 0.3 is 0 Å². The summed E-state index contributed by atoms with van der Waals surface area (Å²) in [5, 5.41) is 10.9. The summed E-state index contributed by atoms with van der Waals surface area (Å²) >= 11 is 1.73. The summed E-state index contributed by atoms with van der Waals surface area (Å²) in [5.41, 5.74) is 0.139. The summed E-state index contributed by atoms with van der Waals surface area (Å²) in [6.07, 6.45) is 1.31. The molecule has 0 spiro atoms. The van der Waals surface area contributed by atoms with Crippen molar-refractivity contribution in [3.63, 3.8) is 0 Å². The van der Waals surface area contributed by atoms with Gasteiger partial charge < -0.3 is 4.74 Å². The van der Waals surface area contributed by atoms with Gasteiger partial charge in [0.1, 0.15) is 0 Å². The number of thioether (sulfide) groups is 1. The highest BCUT2D eigenvalue weighted by Crippen LogP contribution is 2.33. The Morgan fingerprint density at radius 2 is 2.12 bits per heavy atom. The van der Waals surface area contributed by atoms with E-state index in [2.05, 4.69) is 6.92 Å². The van der Waals surface area contributed by atoms with E-state index in [1.807, 2.05) is 0 Å². The number of benzene rings is 1. The van der Waals surface area contributed by atoms with Crippen molar-refractivity contribution in [2.45, 2.75) is 29.6 Å². The minimum atomic E-state index is -0.379. The molecule has 0 amide bonds. The van der Waals surface area contributed by atoms with Crippen molar-refractivity contribution in [1.82, 2.24) is 0 Å². The molecule has 0 aromatic heterocycles. The van der Waals surface area contributed by atoms with Crippen molar-refractivity contribution in [2.24, 2.45) is 0 Å². The van der Waals surface area contributed by atoms with Crippen molar-refractivity contribution in [3.8, 4) is 0 Å². The minimum absolute atomic E-state index is 0.139. The van der Waals surface area contributed by atoms with Gasteiger partial charge in [-0.05, 0) is 25.5 Å². The zero-order chi connectivity index (χ0) is 11.5. The van der Waals surface area contributed by atoms with Crippen molar-refractivity contribution < 1.29 is 9.66 Å². The van der Waals surface area contributed by atoms with E-state index in [-0.39, 0.29) is 16.7 Å². The van der Waals surface area contributed by atoms with Crippen LogP contribution in [0.3, 0.4) is 0 Å². The Hall–Kier alpha value is -1.07. The van der Waals surface area contributed by atoms with Gasteiger partial charge in [-0.1, -0.05) is 0 Å². The third-order valence-corrected chi connectivity index (χ3v) is 4.11. The topological polar surface area (TPSA) is 52.4 Å². The number of non-ortho nitro benzene ring substituents is 1. The average Bonchev–Trinajstić information content (AvgIpc) is 2.65. The molecule has 0 aliphatic carbocycles. The van der Waals surface area contributed by atoms with E-state index in [1.165, 1.54) is 0 Å². The Morgan fingerprint density at radius 3 is 2.62 bits per heavy atom. The van der Waals surface area contributed by atoms with Crippen molar-refractivity contribution >= 4 is 17.4 Å². The van der Waals surface area contributed by atoms with Crippen LogP contribution in [0.2, 0.25) is 0 Å². The highest BCUT2D eigenvalue weighted by Gasteiger charge is 2.25. The number of hydrogen-bond acceptors (Lipinski definition) is 4. The SMILES string of the molecule is C[C@@H]1OCCC1Sc1ccc([N+](=O)[O-])cc1. The lowest BCUT2D eigenvalue weighted by molar-refractivity contribution is -0.384. The molecule has 1 aromatic carbocycles. The largest absolute Gasteiger partial charge is 0.377 e. The first-order chi connectivity index (χ1) is 7.66. The summed E-state index contributed by atoms with van der Waals surface area (Å²) in [6, 6.07) is 6.69. The molecule has 1 saturated heterocycles. The van der Waals surface area contributed by atoms with Gasteiger partial charge in [0, 0.05) is 28.9 Å². The quantitative estimate of drug-likeness (QED) is 0.601. The molecule has 86 valence electrons. The summed E-state index contributed by atoms with van der Waals surface area (Å²) in [6.45, 7) is 2.88. The van der Waals surface area contributed by atoms with E-state index in [9.17, 15) is 10.1 Å². The number of nitro groups is 1. The van der Waals surface area contributed by atoms with Gasteiger partial charge in [0.25, 0.3) is 5.69 Å². The van der Waals surface area contributed by atoms with Crippen molar-refractivity contribution in [3.05, 3.63) is 34.4 Å². The standard InChI is InChI=1S/C11H13NO3S/c1-8-11(6-7-15-8)16-10-4-2-9(3-5-10)12(13)14/h2-5,8,11H,6-7H2,1H3/t8-,11?/m0/s1. The first kappa shape index (κ1) is 11.4. The number of rotatable bonds is 3. The van der Waals surface area contributed by atoms with Crippen LogP contribution in [-0.2, 0) is 4.74 Å². The molecule has 1 unspecified atom stereocenters. The van der Waals surface area contributed by atoms with Crippen molar-refractivity contribution in [1.29, 1.82) is 0 Å². The van der Waals surface area contributed by atoms with Gasteiger partial charge in [0.05, 0.1) is 11.0 Å². The van der Waals surface area contributed by atoms with Crippen LogP contribution in [0.1, 0.15) is 13.3 Å². The Labute approximate surface area is 98.1 Å². The summed E-state index contributed by atoms with van der Waals surface area (Å²) in [5.74, 6) is 0. The lowest BCUT2D eigenvalue weighted by Crippen LogP contribution is -2.12. The van der Waals surface area contributed by atoms with Crippen LogP contribution in [0.4, 0.5) is 5.69 Å². The highest BCUT2D eigenvalue weighted by atomic mass is 32.2. The summed E-state index contributed by atoms with van der Waals surface area (Å²) in [7, 11) is 0. The number of ether oxygens (including phenoxy) is 1. The lowest BCUT2D eigenvalue weighted by atomic mass is 10.3. The smallest absolute Gasteiger partial charge is 0.269 e. The molecule has 4 nitrogen and oxygen atoms in total. The maximum Gasteiger partial charge on any atom is 0.269 e. The van der Waals surface area contributed by atoms with Crippen LogP contribution >= 0.6 is 11.8 Å². The molecule has 1 fully saturated rings. The van der Waals surface area contributed by atoms with Crippen LogP contribution in [0, 0.1) is 10.1 Å². The second-order valence-corrected chi connectivity index (χ2v) is 5.08. The van der Waals surface area contributed by atoms with Crippen LogP contribution in [0.15, 0.2) is 29.2 Å². The van der Waals surface area contributed by atoms with Crippen molar-refractivity contribution in [2.75, 3.05) is 6.61 Å². The predicted molar refractivity (Wildman–Crippen MR) is 62.8 cm³/mol. The van der Waals surface area contributed by atoms with Gasteiger partial charge in [0.15, 0.2) is 0 Å². The first-order valence-corrected chi connectivity index (χ1v) is 6.07. The Balaban J connectivity index is 2.02. The molecule has 1 heterocycles. The van der Waals surface area contributed by atoms with E-state index < -0.39 is 0 Å². The molecular weight excluding hydrogens is 226 g/mol. The highest BCUT2D eigenvalue weighted by molar-refractivity contribution is 8.00. The van der Waals surface area contributed by atoms with Gasteiger partial charge in [-0.2, -0.15) is 0 Å². The predicted octanol–water partition coefficient (Wildman–Crippen LogP) is 2.86. The maximum absolute atomic E-state index is 10.5. The Morgan fingerprint density at radius 1 is 1.44 bits per heavy atom. The molecular formula is C11H13NO3S. The molecule has 0 radical (unpaired) electrons. The number of nitrogens with zero attached hydrogens (tertiary/aromatic N) is 1. The van der Waals surface area contributed by atoms with E-state index in [0.717, 1.165) is 17.9 Å². The second-order valence-electron chi connectivity index (χ2n) is 3.77. The molecule has 5 heteroatoms. The van der Waals surface area contributed by atoms with Crippen LogP contribution in [0.5, 0.6) is 0 Å². The van der Waals surface area contributed by atoms with Crippen LogP contribution < -0.4 is 0 Å². The molecule has 0 saturated carbocycles. The zero-order valence-electron chi connectivity index (χ0n) is 8.96. The Kier molecular flexibility index (Phi) is 3.46. The molecule has 1 aliphatic heterocycles. The lowest BCUT2D eigenvalue weighted by Gasteiger charge is -2.12. The molecule has 2 atom stereocenters. The first-order valence-electron chi connectivity index (χ1n) is 5.19. The van der Waals surface area contributed by atoms with Gasteiger partial charge in [0.2, 0.25) is 0 Å². The van der Waals surface area contributed by atoms with E-state index in [1.54, 1.807) is 36.0 Å². The maximum atomic E-state index is 10.5. The average molecular weight is 239 g/mol. The third kappa shape index (κ3) is 2.54. The van der Waals surface area contributed by atoms with Gasteiger partial charge in [-0.25, -0.2) is 0 Å². The second kappa shape index (κ2) is 4.84. The third-order valence-electron chi connectivity index (χ3n) is 2.64. The molecule has 1 aliphatic rings. The number of nitro benzene ring substituents is 1. The van der Waals surface area contributed by atoms with E-state index >= 15 is 0 Å². The molecule has 1 aromatic rings. The van der Waals surface area contributed by atoms with E-state index in [4.69, 9.17) is 4.74 Å². The summed E-state index contributed by atoms with van der Waals surface area (Å²) in [4.78, 5) is 11.2. The fourth-order valence-electron chi connectivity index (χ4n) is 1.69. The van der Waals surface area contributed by atoms with Crippen LogP contribution in [-0.4, -0.2) is 22.9 Å². The molecule has 16 heavy (non-hydrogen) atoms.